The van der Waals surface area contributed by atoms with E-state index >= 15 is 0 Å². The number of likely N-dealkylation sites (tertiary alicyclic amines) is 1. The van der Waals surface area contributed by atoms with Gasteiger partial charge in [-0.2, -0.15) is 0 Å². The first-order chi connectivity index (χ1) is 7.75. The SMILES string of the molecule is N[C@H]1CN(Cc2ccccc2)CCC[C@@H]1O. The van der Waals surface area contributed by atoms with Gasteiger partial charge in [0, 0.05) is 19.1 Å². The Kier molecular flexibility index (Phi) is 3.93. The molecule has 0 aromatic heterocycles. The minimum atomic E-state index is -0.333. The van der Waals surface area contributed by atoms with E-state index in [-0.39, 0.29) is 12.1 Å². The number of hydrogen-bond donors (Lipinski definition) is 2. The van der Waals surface area contributed by atoms with Crippen molar-refractivity contribution in [3.8, 4) is 0 Å². The van der Waals surface area contributed by atoms with Crippen LogP contribution in [0, 0.1) is 0 Å². The van der Waals surface area contributed by atoms with Gasteiger partial charge in [-0.3, -0.25) is 4.90 Å². The van der Waals surface area contributed by atoms with Crippen LogP contribution in [0.25, 0.3) is 0 Å². The summed E-state index contributed by atoms with van der Waals surface area (Å²) < 4.78 is 0. The van der Waals surface area contributed by atoms with Crippen LogP contribution in [0.5, 0.6) is 0 Å². The standard InChI is InChI=1S/C13H20N2O/c14-12-10-15(8-4-7-13(12)16)9-11-5-2-1-3-6-11/h1-3,5-6,12-13,16H,4,7-10,14H2/t12-,13-/m0/s1. The number of nitrogens with zero attached hydrogens (tertiary/aromatic N) is 1. The van der Waals surface area contributed by atoms with Gasteiger partial charge in [-0.15, -0.1) is 0 Å². The van der Waals surface area contributed by atoms with Crippen LogP contribution in [0.3, 0.4) is 0 Å². The maximum atomic E-state index is 9.69. The molecule has 0 saturated carbocycles. The van der Waals surface area contributed by atoms with Crippen LogP contribution in [0.2, 0.25) is 0 Å². The van der Waals surface area contributed by atoms with Gasteiger partial charge in [0.2, 0.25) is 0 Å². The third-order valence-electron chi connectivity index (χ3n) is 3.19. The normalized spacial score (nSPS) is 27.6. The molecular formula is C13H20N2O. The summed E-state index contributed by atoms with van der Waals surface area (Å²) in [5, 5.41) is 9.69. The summed E-state index contributed by atoms with van der Waals surface area (Å²) in [6, 6.07) is 10.3. The Balaban J connectivity index is 1.95. The second-order valence-corrected chi connectivity index (χ2v) is 4.59. The molecule has 1 heterocycles. The van der Waals surface area contributed by atoms with Crippen LogP contribution in [-0.4, -0.2) is 35.2 Å². The average molecular weight is 220 g/mol. The first-order valence-electron chi connectivity index (χ1n) is 5.95. The minimum Gasteiger partial charge on any atom is -0.391 e. The van der Waals surface area contributed by atoms with Crippen LogP contribution >= 0.6 is 0 Å². The second kappa shape index (κ2) is 5.43. The zero-order chi connectivity index (χ0) is 11.4. The maximum Gasteiger partial charge on any atom is 0.0704 e. The molecule has 1 aliphatic rings. The second-order valence-electron chi connectivity index (χ2n) is 4.59. The topological polar surface area (TPSA) is 49.5 Å². The Morgan fingerprint density at radius 2 is 2.06 bits per heavy atom. The van der Waals surface area contributed by atoms with E-state index in [2.05, 4.69) is 29.2 Å². The van der Waals surface area contributed by atoms with Gasteiger partial charge in [0.05, 0.1) is 6.10 Å². The van der Waals surface area contributed by atoms with Crippen LogP contribution in [0.1, 0.15) is 18.4 Å². The molecule has 2 rings (SSSR count). The van der Waals surface area contributed by atoms with Crippen molar-refractivity contribution in [1.29, 1.82) is 0 Å². The van der Waals surface area contributed by atoms with Gasteiger partial charge in [0.1, 0.15) is 0 Å². The highest BCUT2D eigenvalue weighted by molar-refractivity contribution is 5.14. The molecule has 0 bridgehead atoms. The molecule has 1 aliphatic heterocycles. The van der Waals surface area contributed by atoms with E-state index in [1.807, 2.05) is 6.07 Å². The van der Waals surface area contributed by atoms with Gasteiger partial charge in [-0.05, 0) is 24.9 Å². The predicted molar refractivity (Wildman–Crippen MR) is 64.9 cm³/mol. The maximum absolute atomic E-state index is 9.69. The van der Waals surface area contributed by atoms with Crippen molar-refractivity contribution >= 4 is 0 Å². The average Bonchev–Trinajstić information content (AvgIpc) is 2.43. The molecule has 0 radical (unpaired) electrons. The predicted octanol–water partition coefficient (Wildman–Crippen LogP) is 0.971. The summed E-state index contributed by atoms with van der Waals surface area (Å²) in [5.41, 5.74) is 7.24. The van der Waals surface area contributed by atoms with Gasteiger partial charge in [0.25, 0.3) is 0 Å². The van der Waals surface area contributed by atoms with Crippen molar-refractivity contribution in [1.82, 2.24) is 4.90 Å². The van der Waals surface area contributed by atoms with Gasteiger partial charge in [0.15, 0.2) is 0 Å². The fourth-order valence-electron chi connectivity index (χ4n) is 2.23. The van der Waals surface area contributed by atoms with Crippen molar-refractivity contribution in [3.63, 3.8) is 0 Å². The summed E-state index contributed by atoms with van der Waals surface area (Å²) in [4.78, 5) is 2.33. The summed E-state index contributed by atoms with van der Waals surface area (Å²) >= 11 is 0. The van der Waals surface area contributed by atoms with E-state index < -0.39 is 0 Å². The molecule has 88 valence electrons. The number of nitrogens with two attached hydrogens (primary N) is 1. The fraction of sp³-hybridized carbons (Fsp3) is 0.538. The van der Waals surface area contributed by atoms with Gasteiger partial charge >= 0.3 is 0 Å². The summed E-state index contributed by atoms with van der Waals surface area (Å²) in [6.45, 7) is 2.75. The monoisotopic (exact) mass is 220 g/mol. The Hall–Kier alpha value is -0.900. The highest BCUT2D eigenvalue weighted by Crippen LogP contribution is 2.13. The molecule has 3 nitrogen and oxygen atoms in total. The molecule has 1 aromatic carbocycles. The third-order valence-corrected chi connectivity index (χ3v) is 3.19. The lowest BCUT2D eigenvalue weighted by atomic mass is 10.1. The van der Waals surface area contributed by atoms with E-state index in [9.17, 15) is 5.11 Å². The Bertz CT molecular complexity index is 315. The van der Waals surface area contributed by atoms with Gasteiger partial charge in [-0.1, -0.05) is 30.3 Å². The van der Waals surface area contributed by atoms with Crippen LogP contribution in [-0.2, 0) is 6.54 Å². The summed E-state index contributed by atoms with van der Waals surface area (Å²) in [5.74, 6) is 0. The van der Waals surface area contributed by atoms with Crippen molar-refractivity contribution in [2.75, 3.05) is 13.1 Å². The number of benzene rings is 1. The minimum absolute atomic E-state index is 0.105. The molecule has 0 aliphatic carbocycles. The van der Waals surface area contributed by atoms with Gasteiger partial charge in [-0.25, -0.2) is 0 Å². The first kappa shape index (κ1) is 11.6. The van der Waals surface area contributed by atoms with Crippen LogP contribution < -0.4 is 5.73 Å². The Labute approximate surface area is 96.9 Å². The van der Waals surface area contributed by atoms with E-state index in [4.69, 9.17) is 5.73 Å². The molecule has 1 fully saturated rings. The Morgan fingerprint density at radius 3 is 2.81 bits per heavy atom. The molecule has 0 spiro atoms. The zero-order valence-electron chi connectivity index (χ0n) is 9.55. The van der Waals surface area contributed by atoms with Crippen molar-refractivity contribution in [3.05, 3.63) is 35.9 Å². The molecule has 0 unspecified atom stereocenters. The molecule has 2 atom stereocenters. The van der Waals surface area contributed by atoms with E-state index in [1.165, 1.54) is 5.56 Å². The number of aliphatic hydroxyl groups excluding tert-OH is 1. The lowest BCUT2D eigenvalue weighted by Crippen LogP contribution is -2.42. The number of rotatable bonds is 2. The van der Waals surface area contributed by atoms with Gasteiger partial charge < -0.3 is 10.8 Å². The third kappa shape index (κ3) is 3.04. The van der Waals surface area contributed by atoms with Crippen molar-refractivity contribution in [2.24, 2.45) is 5.73 Å². The molecule has 0 amide bonds. The molecule has 3 heteroatoms. The summed E-state index contributed by atoms with van der Waals surface area (Å²) in [7, 11) is 0. The number of hydrogen-bond acceptors (Lipinski definition) is 3. The van der Waals surface area contributed by atoms with Crippen molar-refractivity contribution < 1.29 is 5.11 Å². The smallest absolute Gasteiger partial charge is 0.0704 e. The van der Waals surface area contributed by atoms with E-state index in [0.717, 1.165) is 32.5 Å². The largest absolute Gasteiger partial charge is 0.391 e. The first-order valence-corrected chi connectivity index (χ1v) is 5.95. The van der Waals surface area contributed by atoms with Crippen LogP contribution in [0.15, 0.2) is 30.3 Å². The molecule has 16 heavy (non-hydrogen) atoms. The quantitative estimate of drug-likeness (QED) is 0.781. The highest BCUT2D eigenvalue weighted by Gasteiger charge is 2.22. The lowest BCUT2D eigenvalue weighted by Gasteiger charge is -2.23. The lowest BCUT2D eigenvalue weighted by molar-refractivity contribution is 0.132. The molecular weight excluding hydrogens is 200 g/mol. The summed E-state index contributed by atoms with van der Waals surface area (Å²) in [6.07, 6.45) is 1.52. The number of aliphatic hydroxyl groups is 1. The fourth-order valence-corrected chi connectivity index (χ4v) is 2.23. The van der Waals surface area contributed by atoms with Crippen LogP contribution in [0.4, 0.5) is 0 Å². The van der Waals surface area contributed by atoms with Crippen molar-refractivity contribution in [2.45, 2.75) is 31.5 Å². The zero-order valence-corrected chi connectivity index (χ0v) is 9.55. The highest BCUT2D eigenvalue weighted by atomic mass is 16.3. The molecule has 1 saturated heterocycles. The molecule has 1 aromatic rings. The Morgan fingerprint density at radius 1 is 1.31 bits per heavy atom. The van der Waals surface area contributed by atoms with E-state index in [0.29, 0.717) is 0 Å². The molecule has 3 N–H and O–H groups in total. The van der Waals surface area contributed by atoms with E-state index in [1.54, 1.807) is 0 Å².